The summed E-state index contributed by atoms with van der Waals surface area (Å²) < 4.78 is 31.1. The average molecular weight is 564 g/mol. The second-order valence-corrected chi connectivity index (χ2v) is 10.4. The van der Waals surface area contributed by atoms with Crippen molar-refractivity contribution in [1.29, 1.82) is 0 Å². The molecule has 0 fully saturated rings. The fourth-order valence-corrected chi connectivity index (χ4v) is 5.37. The minimum absolute atomic E-state index is 0.00743. The van der Waals surface area contributed by atoms with Crippen molar-refractivity contribution in [2.45, 2.75) is 49.7 Å². The first-order valence-corrected chi connectivity index (χ1v) is 14.1. The van der Waals surface area contributed by atoms with Crippen LogP contribution in [0.15, 0.2) is 70.6 Å². The number of carbonyl (C=O) groups excluding carboxylic acids is 1. The third kappa shape index (κ3) is 6.74. The molecule has 1 N–H and O–H groups in total. The van der Waals surface area contributed by atoms with Crippen LogP contribution in [0.5, 0.6) is 17.2 Å². The van der Waals surface area contributed by atoms with E-state index in [2.05, 4.69) is 5.32 Å². The third-order valence-electron chi connectivity index (χ3n) is 6.63. The van der Waals surface area contributed by atoms with E-state index in [0.29, 0.717) is 65.7 Å². The number of aromatic nitrogens is 2. The van der Waals surface area contributed by atoms with Crippen LogP contribution in [0.4, 0.5) is 4.39 Å². The van der Waals surface area contributed by atoms with Crippen molar-refractivity contribution in [3.63, 3.8) is 0 Å². The standard InChI is InChI=1S/C30H30FN3O5S/c1-37-23-12-8-20(9-13-23)17-32-28(35)5-3-2-4-14-34-29(36)24-15-26-27(39-19-38-26)16-25(24)33-30(34)40-18-21-6-10-22(31)11-7-21/h6-13,15-16H,2-5,14,17-19H2,1H3,(H,32,35). The summed E-state index contributed by atoms with van der Waals surface area (Å²) in [4.78, 5) is 30.6. The lowest BCUT2D eigenvalue weighted by Crippen LogP contribution is -2.24. The zero-order chi connectivity index (χ0) is 27.9. The Balaban J connectivity index is 1.20. The Morgan fingerprint density at radius 1 is 1.02 bits per heavy atom. The molecular formula is C30H30FN3O5S. The second-order valence-electron chi connectivity index (χ2n) is 9.42. The molecule has 4 aromatic rings. The van der Waals surface area contributed by atoms with Gasteiger partial charge in [0.2, 0.25) is 12.7 Å². The molecule has 0 saturated heterocycles. The summed E-state index contributed by atoms with van der Waals surface area (Å²) in [5.74, 6) is 2.12. The number of ether oxygens (including phenoxy) is 3. The monoisotopic (exact) mass is 563 g/mol. The van der Waals surface area contributed by atoms with Crippen LogP contribution in [0.25, 0.3) is 10.9 Å². The van der Waals surface area contributed by atoms with Gasteiger partial charge in [-0.3, -0.25) is 14.2 Å². The van der Waals surface area contributed by atoms with E-state index in [4.69, 9.17) is 19.2 Å². The molecule has 1 aliphatic rings. The Kier molecular flexibility index (Phi) is 8.85. The number of amides is 1. The topological polar surface area (TPSA) is 91.7 Å². The molecule has 40 heavy (non-hydrogen) atoms. The predicted molar refractivity (Wildman–Crippen MR) is 151 cm³/mol. The van der Waals surface area contributed by atoms with E-state index < -0.39 is 0 Å². The molecule has 1 amide bonds. The van der Waals surface area contributed by atoms with Crippen LogP contribution < -0.4 is 25.1 Å². The number of nitrogens with zero attached hydrogens (tertiary/aromatic N) is 2. The minimum Gasteiger partial charge on any atom is -0.497 e. The highest BCUT2D eigenvalue weighted by Gasteiger charge is 2.19. The van der Waals surface area contributed by atoms with Crippen LogP contribution in [0, 0.1) is 5.82 Å². The number of hydrogen-bond acceptors (Lipinski definition) is 7. The van der Waals surface area contributed by atoms with Crippen LogP contribution in [0.3, 0.4) is 0 Å². The van der Waals surface area contributed by atoms with Crippen LogP contribution in [-0.4, -0.2) is 29.4 Å². The number of fused-ring (bicyclic) bond motifs is 2. The summed E-state index contributed by atoms with van der Waals surface area (Å²) >= 11 is 1.43. The van der Waals surface area contributed by atoms with Crippen molar-refractivity contribution in [1.82, 2.24) is 14.9 Å². The summed E-state index contributed by atoms with van der Waals surface area (Å²) in [6.45, 7) is 1.04. The predicted octanol–water partition coefficient (Wildman–Crippen LogP) is 5.44. The second kappa shape index (κ2) is 12.9. The highest BCUT2D eigenvalue weighted by Crippen LogP contribution is 2.35. The Morgan fingerprint density at radius 3 is 2.50 bits per heavy atom. The molecule has 2 heterocycles. The van der Waals surface area contributed by atoms with Crippen molar-refractivity contribution in [3.05, 3.63) is 88.0 Å². The molecule has 8 nitrogen and oxygen atoms in total. The van der Waals surface area contributed by atoms with Crippen molar-refractivity contribution in [3.8, 4) is 17.2 Å². The lowest BCUT2D eigenvalue weighted by molar-refractivity contribution is -0.121. The van der Waals surface area contributed by atoms with Crippen LogP contribution in [0.2, 0.25) is 0 Å². The molecule has 1 aromatic heterocycles. The van der Waals surface area contributed by atoms with Crippen molar-refractivity contribution < 1.29 is 23.4 Å². The van der Waals surface area contributed by atoms with Crippen molar-refractivity contribution in [2.75, 3.05) is 13.9 Å². The van der Waals surface area contributed by atoms with Gasteiger partial charge >= 0.3 is 0 Å². The first-order valence-electron chi connectivity index (χ1n) is 13.1. The number of methoxy groups -OCH3 is 1. The van der Waals surface area contributed by atoms with Crippen LogP contribution >= 0.6 is 11.8 Å². The Bertz CT molecular complexity index is 1540. The van der Waals surface area contributed by atoms with E-state index in [9.17, 15) is 14.0 Å². The van der Waals surface area contributed by atoms with E-state index in [-0.39, 0.29) is 24.1 Å². The number of unbranched alkanes of at least 4 members (excludes halogenated alkanes) is 2. The maximum Gasteiger partial charge on any atom is 0.262 e. The molecule has 0 saturated carbocycles. The van der Waals surface area contributed by atoms with Gasteiger partial charge in [0, 0.05) is 31.3 Å². The summed E-state index contributed by atoms with van der Waals surface area (Å²) in [5, 5.41) is 3.99. The zero-order valence-corrected chi connectivity index (χ0v) is 23.0. The third-order valence-corrected chi connectivity index (χ3v) is 7.68. The van der Waals surface area contributed by atoms with Gasteiger partial charge in [-0.1, -0.05) is 42.4 Å². The molecule has 0 unspecified atom stereocenters. The lowest BCUT2D eigenvalue weighted by atomic mass is 10.1. The first-order chi connectivity index (χ1) is 19.5. The number of hydrogen-bond donors (Lipinski definition) is 1. The normalized spacial score (nSPS) is 12.1. The fraction of sp³-hybridized carbons (Fsp3) is 0.300. The van der Waals surface area contributed by atoms with Crippen molar-refractivity contribution in [2.24, 2.45) is 0 Å². The molecule has 3 aromatic carbocycles. The SMILES string of the molecule is COc1ccc(CNC(=O)CCCCCn2c(SCc3ccc(F)cc3)nc3cc4c(cc3c2=O)OCO4)cc1. The number of benzene rings is 3. The van der Waals surface area contributed by atoms with E-state index in [1.807, 2.05) is 24.3 Å². The van der Waals surface area contributed by atoms with E-state index in [1.54, 1.807) is 35.9 Å². The number of nitrogens with one attached hydrogen (secondary N) is 1. The molecular weight excluding hydrogens is 533 g/mol. The van der Waals surface area contributed by atoms with Gasteiger partial charge in [0.15, 0.2) is 16.7 Å². The lowest BCUT2D eigenvalue weighted by Gasteiger charge is -2.14. The molecule has 0 atom stereocenters. The Hall–Kier alpha value is -4.05. The highest BCUT2D eigenvalue weighted by molar-refractivity contribution is 7.98. The van der Waals surface area contributed by atoms with Gasteiger partial charge in [0.05, 0.1) is 18.0 Å². The quantitative estimate of drug-likeness (QED) is 0.139. The number of carbonyl (C=O) groups is 1. The van der Waals surface area contributed by atoms with Gasteiger partial charge in [-0.05, 0) is 54.3 Å². The summed E-state index contributed by atoms with van der Waals surface area (Å²) in [6.07, 6.45) is 2.62. The van der Waals surface area contributed by atoms with Gasteiger partial charge < -0.3 is 19.5 Å². The van der Waals surface area contributed by atoms with Crippen molar-refractivity contribution >= 4 is 28.6 Å². The molecule has 0 aliphatic carbocycles. The van der Waals surface area contributed by atoms with Gasteiger partial charge in [-0.2, -0.15) is 0 Å². The number of rotatable bonds is 12. The van der Waals surface area contributed by atoms with Gasteiger partial charge in [-0.25, -0.2) is 9.37 Å². The molecule has 5 rings (SSSR count). The largest absolute Gasteiger partial charge is 0.497 e. The van der Waals surface area contributed by atoms with E-state index in [0.717, 1.165) is 23.3 Å². The number of thioether (sulfide) groups is 1. The minimum atomic E-state index is -0.292. The molecule has 208 valence electrons. The highest BCUT2D eigenvalue weighted by atomic mass is 32.2. The van der Waals surface area contributed by atoms with Crippen LogP contribution in [0.1, 0.15) is 36.8 Å². The van der Waals surface area contributed by atoms with Gasteiger partial charge in [-0.15, -0.1) is 0 Å². The molecule has 0 bridgehead atoms. The number of halogens is 1. The van der Waals surface area contributed by atoms with Gasteiger partial charge in [0.1, 0.15) is 11.6 Å². The Labute approximate surface area is 235 Å². The smallest absolute Gasteiger partial charge is 0.262 e. The molecule has 0 radical (unpaired) electrons. The summed E-state index contributed by atoms with van der Waals surface area (Å²) in [5.41, 5.74) is 2.33. The fourth-order valence-electron chi connectivity index (χ4n) is 4.39. The zero-order valence-electron chi connectivity index (χ0n) is 22.2. The maximum atomic E-state index is 13.5. The maximum absolute atomic E-state index is 13.5. The Morgan fingerprint density at radius 2 is 1.75 bits per heavy atom. The summed E-state index contributed by atoms with van der Waals surface area (Å²) in [7, 11) is 1.62. The van der Waals surface area contributed by atoms with Gasteiger partial charge in [0.25, 0.3) is 5.56 Å². The molecule has 1 aliphatic heterocycles. The van der Waals surface area contributed by atoms with E-state index in [1.165, 1.54) is 23.9 Å². The summed E-state index contributed by atoms with van der Waals surface area (Å²) in [6, 6.07) is 17.3. The van der Waals surface area contributed by atoms with Crippen LogP contribution in [-0.2, 0) is 23.6 Å². The van der Waals surface area contributed by atoms with E-state index >= 15 is 0 Å². The molecule has 10 heteroatoms. The average Bonchev–Trinajstić information content (AvgIpc) is 3.43. The first kappa shape index (κ1) is 27.5. The molecule has 0 spiro atoms.